The Morgan fingerprint density at radius 3 is 2.71 bits per heavy atom. The molecule has 4 heteroatoms. The van der Waals surface area contributed by atoms with Gasteiger partial charge >= 0.3 is 0 Å². The van der Waals surface area contributed by atoms with Crippen LogP contribution in [0.15, 0.2) is 18.2 Å². The van der Waals surface area contributed by atoms with Gasteiger partial charge in [-0.05, 0) is 31.0 Å². The highest BCUT2D eigenvalue weighted by Crippen LogP contribution is 2.38. The molecule has 0 unspecified atom stereocenters. The maximum absolute atomic E-state index is 13.1. The third kappa shape index (κ3) is 2.50. The van der Waals surface area contributed by atoms with E-state index in [4.69, 9.17) is 16.3 Å². The van der Waals surface area contributed by atoms with Gasteiger partial charge in [0.2, 0.25) is 0 Å². The van der Waals surface area contributed by atoms with Crippen LogP contribution in [0.2, 0.25) is 5.02 Å². The molecule has 17 heavy (non-hydrogen) atoms. The van der Waals surface area contributed by atoms with Crippen LogP contribution in [0.5, 0.6) is 0 Å². The van der Waals surface area contributed by atoms with Gasteiger partial charge in [0.1, 0.15) is 11.6 Å². The molecule has 0 bridgehead atoms. The predicted octanol–water partition coefficient (Wildman–Crippen LogP) is 3.12. The molecule has 0 radical (unpaired) electrons. The molecule has 0 spiro atoms. The normalized spacial score (nSPS) is 17.6. The number of benzene rings is 1. The van der Waals surface area contributed by atoms with Crippen LogP contribution in [-0.4, -0.2) is 19.0 Å². The zero-order valence-corrected chi connectivity index (χ0v) is 10.4. The van der Waals surface area contributed by atoms with E-state index in [2.05, 4.69) is 0 Å². The van der Waals surface area contributed by atoms with Crippen molar-refractivity contribution in [3.63, 3.8) is 0 Å². The minimum Gasteiger partial charge on any atom is -0.379 e. The van der Waals surface area contributed by atoms with Crippen molar-refractivity contribution in [2.45, 2.75) is 25.2 Å². The highest BCUT2D eigenvalue weighted by atomic mass is 35.5. The maximum Gasteiger partial charge on any atom is 0.141 e. The highest BCUT2D eigenvalue weighted by Gasteiger charge is 2.40. The van der Waals surface area contributed by atoms with Crippen molar-refractivity contribution in [1.29, 1.82) is 0 Å². The van der Waals surface area contributed by atoms with Gasteiger partial charge in [0.25, 0.3) is 0 Å². The molecule has 1 aliphatic rings. The number of carbonyl (C=O) groups excluding carboxylic acids is 1. The van der Waals surface area contributed by atoms with Crippen LogP contribution in [0.25, 0.3) is 0 Å². The van der Waals surface area contributed by atoms with Gasteiger partial charge in [-0.25, -0.2) is 4.39 Å². The summed E-state index contributed by atoms with van der Waals surface area (Å²) in [4.78, 5) is 11.1. The van der Waals surface area contributed by atoms with Crippen LogP contribution in [-0.2, 0) is 14.9 Å². The summed E-state index contributed by atoms with van der Waals surface area (Å²) in [5.74, 6) is -0.262. The van der Waals surface area contributed by atoms with Crippen LogP contribution in [0.1, 0.15) is 25.3 Å². The molecule has 1 aromatic carbocycles. The van der Waals surface area contributed by atoms with Crippen molar-refractivity contribution in [3.05, 3.63) is 34.6 Å². The van der Waals surface area contributed by atoms with Crippen molar-refractivity contribution in [3.8, 4) is 0 Å². The first-order chi connectivity index (χ1) is 8.03. The van der Waals surface area contributed by atoms with Gasteiger partial charge in [-0.3, -0.25) is 0 Å². The zero-order chi connectivity index (χ0) is 12.5. The Labute approximate surface area is 105 Å². The highest BCUT2D eigenvalue weighted by molar-refractivity contribution is 6.30. The lowest BCUT2D eigenvalue weighted by Crippen LogP contribution is -2.47. The summed E-state index contributed by atoms with van der Waals surface area (Å²) >= 11 is 5.78. The first kappa shape index (κ1) is 12.5. The standard InChI is InChI=1S/C13H14ClFO2/c1-9(16)4-5-13(7-17-8-13)10-2-3-12(15)11(14)6-10/h2-3,6H,4-5,7-8H2,1H3. The van der Waals surface area contributed by atoms with Crippen molar-refractivity contribution in [1.82, 2.24) is 0 Å². The fourth-order valence-corrected chi connectivity index (χ4v) is 2.23. The summed E-state index contributed by atoms with van der Waals surface area (Å²) in [5, 5.41) is 0.122. The van der Waals surface area contributed by atoms with E-state index >= 15 is 0 Å². The fraction of sp³-hybridized carbons (Fsp3) is 0.462. The van der Waals surface area contributed by atoms with Crippen LogP contribution in [0.4, 0.5) is 4.39 Å². The van der Waals surface area contributed by atoms with Crippen molar-refractivity contribution in [2.24, 2.45) is 0 Å². The van der Waals surface area contributed by atoms with Crippen LogP contribution in [0, 0.1) is 5.82 Å². The van der Waals surface area contributed by atoms with Gasteiger partial charge in [0, 0.05) is 11.8 Å². The molecule has 1 aromatic rings. The number of Topliss-reactive ketones (excluding diaryl/α,β-unsaturated/α-hetero) is 1. The smallest absolute Gasteiger partial charge is 0.141 e. The Hall–Kier alpha value is -0.930. The van der Waals surface area contributed by atoms with Gasteiger partial charge in [0.05, 0.1) is 18.2 Å². The quantitative estimate of drug-likeness (QED) is 0.827. The molecule has 1 fully saturated rings. The third-order valence-corrected chi connectivity index (χ3v) is 3.53. The second-order valence-electron chi connectivity index (χ2n) is 4.60. The van der Waals surface area contributed by atoms with Crippen molar-refractivity contribution < 1.29 is 13.9 Å². The van der Waals surface area contributed by atoms with Crippen LogP contribution >= 0.6 is 11.6 Å². The van der Waals surface area contributed by atoms with Crippen LogP contribution in [0.3, 0.4) is 0 Å². The Bertz CT molecular complexity index is 441. The number of ketones is 1. The number of hydrogen-bond acceptors (Lipinski definition) is 2. The molecule has 0 N–H and O–H groups in total. The summed E-state index contributed by atoms with van der Waals surface area (Å²) < 4.78 is 18.4. The SMILES string of the molecule is CC(=O)CCC1(c2ccc(F)c(Cl)c2)COC1. The first-order valence-corrected chi connectivity index (χ1v) is 5.94. The fourth-order valence-electron chi connectivity index (χ4n) is 2.05. The Balaban J connectivity index is 2.22. The molecule has 1 heterocycles. The molecular weight excluding hydrogens is 243 g/mol. The largest absolute Gasteiger partial charge is 0.379 e. The number of carbonyl (C=O) groups is 1. The lowest BCUT2D eigenvalue weighted by molar-refractivity contribution is -0.119. The van der Waals surface area contributed by atoms with Gasteiger partial charge in [-0.15, -0.1) is 0 Å². The summed E-state index contributed by atoms with van der Waals surface area (Å²) in [5.41, 5.74) is 0.791. The van der Waals surface area contributed by atoms with E-state index < -0.39 is 5.82 Å². The number of hydrogen-bond donors (Lipinski definition) is 0. The third-order valence-electron chi connectivity index (χ3n) is 3.24. The number of rotatable bonds is 4. The maximum atomic E-state index is 13.1. The predicted molar refractivity (Wildman–Crippen MR) is 63.8 cm³/mol. The van der Waals surface area contributed by atoms with Crippen LogP contribution < -0.4 is 0 Å². The molecule has 0 saturated carbocycles. The zero-order valence-electron chi connectivity index (χ0n) is 9.63. The average Bonchev–Trinajstić information content (AvgIpc) is 2.21. The van der Waals surface area contributed by atoms with E-state index in [1.165, 1.54) is 6.07 Å². The van der Waals surface area contributed by atoms with E-state index in [1.54, 1.807) is 19.1 Å². The molecule has 1 saturated heterocycles. The minimum atomic E-state index is -0.419. The van der Waals surface area contributed by atoms with E-state index in [-0.39, 0.29) is 16.2 Å². The molecule has 1 aliphatic heterocycles. The number of halogens is 2. The topological polar surface area (TPSA) is 26.3 Å². The van der Waals surface area contributed by atoms with E-state index in [0.29, 0.717) is 19.6 Å². The Morgan fingerprint density at radius 2 is 2.24 bits per heavy atom. The van der Waals surface area contributed by atoms with E-state index in [0.717, 1.165) is 12.0 Å². The van der Waals surface area contributed by atoms with Crippen molar-refractivity contribution in [2.75, 3.05) is 13.2 Å². The second-order valence-corrected chi connectivity index (χ2v) is 5.01. The molecule has 2 rings (SSSR count). The summed E-state index contributed by atoms with van der Waals surface area (Å²) in [6.45, 7) is 2.72. The van der Waals surface area contributed by atoms with Gasteiger partial charge in [0.15, 0.2) is 0 Å². The lowest BCUT2D eigenvalue weighted by atomic mass is 9.74. The lowest BCUT2D eigenvalue weighted by Gasteiger charge is -2.42. The number of ether oxygens (including phenoxy) is 1. The molecule has 0 aliphatic carbocycles. The Morgan fingerprint density at radius 1 is 1.53 bits per heavy atom. The molecular formula is C13H14ClFO2. The molecule has 0 aromatic heterocycles. The monoisotopic (exact) mass is 256 g/mol. The summed E-state index contributed by atoms with van der Waals surface area (Å²) in [6.07, 6.45) is 1.24. The molecule has 0 atom stereocenters. The summed E-state index contributed by atoms with van der Waals surface area (Å²) in [6, 6.07) is 4.73. The summed E-state index contributed by atoms with van der Waals surface area (Å²) in [7, 11) is 0. The Kier molecular flexibility index (Phi) is 3.50. The van der Waals surface area contributed by atoms with Gasteiger partial charge in [-0.1, -0.05) is 17.7 Å². The van der Waals surface area contributed by atoms with Crippen molar-refractivity contribution >= 4 is 17.4 Å². The minimum absolute atomic E-state index is 0.122. The van der Waals surface area contributed by atoms with Gasteiger partial charge < -0.3 is 9.53 Å². The van der Waals surface area contributed by atoms with E-state index in [9.17, 15) is 9.18 Å². The first-order valence-electron chi connectivity index (χ1n) is 5.56. The molecule has 92 valence electrons. The molecule has 2 nitrogen and oxygen atoms in total. The molecule has 0 amide bonds. The van der Waals surface area contributed by atoms with E-state index in [1.807, 2.05) is 0 Å². The average molecular weight is 257 g/mol. The second kappa shape index (κ2) is 4.75. The van der Waals surface area contributed by atoms with Gasteiger partial charge in [-0.2, -0.15) is 0 Å².